The third kappa shape index (κ3) is 3.65. The molecule has 5 nitrogen and oxygen atoms in total. The second-order valence-corrected chi connectivity index (χ2v) is 2.71. The fourth-order valence-corrected chi connectivity index (χ4v) is 0.919. The van der Waals surface area contributed by atoms with Crippen LogP contribution in [0.2, 0.25) is 0 Å². The lowest BCUT2D eigenvalue weighted by Gasteiger charge is -2.01. The third-order valence-corrected chi connectivity index (χ3v) is 1.62. The first-order chi connectivity index (χ1) is 7.24. The third-order valence-electron chi connectivity index (χ3n) is 1.62. The predicted molar refractivity (Wildman–Crippen MR) is 55.5 cm³/mol. The Morgan fingerprint density at radius 1 is 1.53 bits per heavy atom. The minimum Gasteiger partial charge on any atom is -0.476 e. The molecule has 1 rings (SSSR count). The van der Waals surface area contributed by atoms with Crippen LogP contribution in [0.3, 0.4) is 0 Å². The summed E-state index contributed by atoms with van der Waals surface area (Å²) >= 11 is 0. The zero-order valence-corrected chi connectivity index (χ0v) is 8.32. The van der Waals surface area contributed by atoms with Crippen LogP contribution >= 0.6 is 0 Å². The topological polar surface area (TPSA) is 75.1 Å². The van der Waals surface area contributed by atoms with Crippen molar-refractivity contribution in [3.05, 3.63) is 17.8 Å². The predicted octanol–water partition coefficient (Wildman–Crippen LogP) is 1.00. The van der Waals surface area contributed by atoms with E-state index in [1.54, 1.807) is 13.0 Å². The van der Waals surface area contributed by atoms with Gasteiger partial charge in [0.05, 0.1) is 0 Å². The number of carboxylic acids is 1. The van der Waals surface area contributed by atoms with Crippen LogP contribution in [0.25, 0.3) is 0 Å². The van der Waals surface area contributed by atoms with Crippen LogP contribution < -0.4 is 5.32 Å². The number of carboxylic acid groups (broad SMARTS) is 1. The maximum atomic E-state index is 10.5. The van der Waals surface area contributed by atoms with Gasteiger partial charge < -0.3 is 10.4 Å². The number of hydrogen-bond donors (Lipinski definition) is 2. The zero-order chi connectivity index (χ0) is 11.1. The van der Waals surface area contributed by atoms with Crippen molar-refractivity contribution in [1.82, 2.24) is 10.2 Å². The second-order valence-electron chi connectivity index (χ2n) is 2.71. The summed E-state index contributed by atoms with van der Waals surface area (Å²) in [7, 11) is 0. The van der Waals surface area contributed by atoms with E-state index in [0.29, 0.717) is 12.4 Å². The SMILES string of the molecule is CC#CCCNc1ccc(C(=O)O)nn1. The van der Waals surface area contributed by atoms with Crippen LogP contribution in [0.1, 0.15) is 23.8 Å². The number of hydrogen-bond acceptors (Lipinski definition) is 4. The average molecular weight is 205 g/mol. The van der Waals surface area contributed by atoms with Crippen molar-refractivity contribution in [3.8, 4) is 11.8 Å². The summed E-state index contributed by atoms with van der Waals surface area (Å²) in [6.45, 7) is 2.45. The Bertz CT molecular complexity index is 389. The molecule has 0 saturated heterocycles. The van der Waals surface area contributed by atoms with Gasteiger partial charge in [0.1, 0.15) is 5.82 Å². The number of anilines is 1. The Labute approximate surface area is 87.5 Å². The second kappa shape index (κ2) is 5.60. The highest BCUT2D eigenvalue weighted by molar-refractivity contribution is 5.85. The standard InChI is InChI=1S/C10H11N3O2/c1-2-3-4-7-11-9-6-5-8(10(14)15)12-13-9/h5-6H,4,7H2,1H3,(H,11,13)(H,14,15). The fraction of sp³-hybridized carbons (Fsp3) is 0.300. The smallest absolute Gasteiger partial charge is 0.356 e. The summed E-state index contributed by atoms with van der Waals surface area (Å²) in [5.41, 5.74) is -0.0612. The lowest BCUT2D eigenvalue weighted by Crippen LogP contribution is -2.06. The van der Waals surface area contributed by atoms with Gasteiger partial charge in [0.25, 0.3) is 0 Å². The maximum Gasteiger partial charge on any atom is 0.356 e. The van der Waals surface area contributed by atoms with Gasteiger partial charge in [-0.05, 0) is 19.1 Å². The largest absolute Gasteiger partial charge is 0.476 e. The molecule has 0 aliphatic heterocycles. The monoisotopic (exact) mass is 205 g/mol. The molecule has 0 aromatic carbocycles. The van der Waals surface area contributed by atoms with E-state index in [-0.39, 0.29) is 5.69 Å². The first-order valence-electron chi connectivity index (χ1n) is 4.44. The molecule has 0 atom stereocenters. The van der Waals surface area contributed by atoms with E-state index in [0.717, 1.165) is 6.42 Å². The van der Waals surface area contributed by atoms with Gasteiger partial charge in [0.15, 0.2) is 5.69 Å². The molecule has 15 heavy (non-hydrogen) atoms. The van der Waals surface area contributed by atoms with Gasteiger partial charge in [-0.25, -0.2) is 4.79 Å². The highest BCUT2D eigenvalue weighted by atomic mass is 16.4. The summed E-state index contributed by atoms with van der Waals surface area (Å²) in [6.07, 6.45) is 0.721. The first-order valence-corrected chi connectivity index (χ1v) is 4.44. The number of aromatic carboxylic acids is 1. The van der Waals surface area contributed by atoms with E-state index in [9.17, 15) is 4.79 Å². The van der Waals surface area contributed by atoms with E-state index < -0.39 is 5.97 Å². The summed E-state index contributed by atoms with van der Waals surface area (Å²) < 4.78 is 0. The lowest BCUT2D eigenvalue weighted by molar-refractivity contribution is 0.0689. The summed E-state index contributed by atoms with van der Waals surface area (Å²) in [5.74, 6) is 5.14. The van der Waals surface area contributed by atoms with Gasteiger partial charge in [-0.15, -0.1) is 22.0 Å². The molecule has 2 N–H and O–H groups in total. The number of rotatable bonds is 4. The van der Waals surface area contributed by atoms with Crippen molar-refractivity contribution in [3.63, 3.8) is 0 Å². The molecular weight excluding hydrogens is 194 g/mol. The molecule has 0 spiro atoms. The normalized spacial score (nSPS) is 8.87. The van der Waals surface area contributed by atoms with E-state index in [2.05, 4.69) is 27.4 Å². The number of aromatic nitrogens is 2. The van der Waals surface area contributed by atoms with Gasteiger partial charge in [-0.1, -0.05) is 0 Å². The quantitative estimate of drug-likeness (QED) is 0.566. The molecule has 0 unspecified atom stereocenters. The van der Waals surface area contributed by atoms with Crippen LogP contribution in [-0.2, 0) is 0 Å². The summed E-state index contributed by atoms with van der Waals surface area (Å²) in [4.78, 5) is 10.5. The molecule has 1 aromatic heterocycles. The van der Waals surface area contributed by atoms with Crippen molar-refractivity contribution in [2.24, 2.45) is 0 Å². The molecule has 1 heterocycles. The highest BCUT2D eigenvalue weighted by Crippen LogP contribution is 2.01. The summed E-state index contributed by atoms with van der Waals surface area (Å²) in [6, 6.07) is 2.99. The first kappa shape index (κ1) is 11.0. The number of carbonyl (C=O) groups is 1. The van der Waals surface area contributed by atoms with E-state index in [1.165, 1.54) is 6.07 Å². The number of nitrogens with zero attached hydrogens (tertiary/aromatic N) is 2. The molecule has 5 heteroatoms. The minimum absolute atomic E-state index is 0.0612. The van der Waals surface area contributed by atoms with Crippen LogP contribution in [0.5, 0.6) is 0 Å². The van der Waals surface area contributed by atoms with Crippen LogP contribution in [-0.4, -0.2) is 27.8 Å². The minimum atomic E-state index is -1.08. The molecule has 1 aromatic rings. The molecular formula is C10H11N3O2. The van der Waals surface area contributed by atoms with Gasteiger partial charge in [0.2, 0.25) is 0 Å². The average Bonchev–Trinajstić information content (AvgIpc) is 2.25. The van der Waals surface area contributed by atoms with Gasteiger partial charge in [-0.3, -0.25) is 0 Å². The van der Waals surface area contributed by atoms with Crippen molar-refractivity contribution in [2.45, 2.75) is 13.3 Å². The number of nitrogens with one attached hydrogen (secondary N) is 1. The highest BCUT2D eigenvalue weighted by Gasteiger charge is 2.03. The van der Waals surface area contributed by atoms with Gasteiger partial charge in [-0.2, -0.15) is 0 Å². The molecule has 0 aliphatic carbocycles. The summed E-state index contributed by atoms with van der Waals surface area (Å²) in [5, 5.41) is 18.8. The Kier molecular flexibility index (Phi) is 4.10. The fourth-order valence-electron chi connectivity index (χ4n) is 0.919. The molecule has 78 valence electrons. The van der Waals surface area contributed by atoms with E-state index in [4.69, 9.17) is 5.11 Å². The Balaban J connectivity index is 2.48. The van der Waals surface area contributed by atoms with Crippen molar-refractivity contribution >= 4 is 11.8 Å². The zero-order valence-electron chi connectivity index (χ0n) is 8.32. The molecule has 0 amide bonds. The molecule has 0 bridgehead atoms. The van der Waals surface area contributed by atoms with Crippen molar-refractivity contribution in [2.75, 3.05) is 11.9 Å². The Morgan fingerprint density at radius 3 is 2.87 bits per heavy atom. The Hall–Kier alpha value is -2.09. The van der Waals surface area contributed by atoms with Gasteiger partial charge >= 0.3 is 5.97 Å². The van der Waals surface area contributed by atoms with Crippen molar-refractivity contribution < 1.29 is 9.90 Å². The van der Waals surface area contributed by atoms with Crippen LogP contribution in [0.4, 0.5) is 5.82 Å². The molecule has 0 aliphatic rings. The Morgan fingerprint density at radius 2 is 2.33 bits per heavy atom. The van der Waals surface area contributed by atoms with Crippen LogP contribution in [0.15, 0.2) is 12.1 Å². The lowest BCUT2D eigenvalue weighted by atomic mass is 10.4. The molecule has 0 fully saturated rings. The van der Waals surface area contributed by atoms with Crippen LogP contribution in [0, 0.1) is 11.8 Å². The molecule has 0 saturated carbocycles. The maximum absolute atomic E-state index is 10.5. The van der Waals surface area contributed by atoms with E-state index in [1.807, 2.05) is 0 Å². The van der Waals surface area contributed by atoms with E-state index >= 15 is 0 Å². The van der Waals surface area contributed by atoms with Gasteiger partial charge in [0, 0.05) is 13.0 Å². The van der Waals surface area contributed by atoms with Crippen molar-refractivity contribution in [1.29, 1.82) is 0 Å². The molecule has 0 radical (unpaired) electrons.